The zero-order valence-corrected chi connectivity index (χ0v) is 19.1. The number of carbonyl (C=O) groups excluding carboxylic acids is 1. The lowest BCUT2D eigenvalue weighted by molar-refractivity contribution is 0.0952. The van der Waals surface area contributed by atoms with Crippen molar-refractivity contribution in [3.63, 3.8) is 0 Å². The van der Waals surface area contributed by atoms with E-state index in [1.807, 2.05) is 42.6 Å². The van der Waals surface area contributed by atoms with Gasteiger partial charge in [-0.3, -0.25) is 14.7 Å². The predicted molar refractivity (Wildman–Crippen MR) is 133 cm³/mol. The summed E-state index contributed by atoms with van der Waals surface area (Å²) in [5.74, 6) is -0.00847. The molecular weight excluding hydrogens is 408 g/mol. The molecule has 5 heteroatoms. The Hall–Kier alpha value is -3.44. The summed E-state index contributed by atoms with van der Waals surface area (Å²) in [7, 11) is 2.18. The molecule has 0 aliphatic carbocycles. The molecule has 0 unspecified atom stereocenters. The Kier molecular flexibility index (Phi) is 6.22. The fourth-order valence-corrected chi connectivity index (χ4v) is 4.87. The van der Waals surface area contributed by atoms with Gasteiger partial charge >= 0.3 is 0 Å². The normalized spacial score (nSPS) is 13.7. The number of nitrogens with zero attached hydrogens (tertiary/aromatic N) is 3. The zero-order valence-electron chi connectivity index (χ0n) is 19.1. The van der Waals surface area contributed by atoms with Gasteiger partial charge in [-0.15, -0.1) is 0 Å². The van der Waals surface area contributed by atoms with Crippen LogP contribution in [0.2, 0.25) is 0 Å². The molecule has 3 heterocycles. The lowest BCUT2D eigenvalue weighted by Crippen LogP contribution is -2.32. The molecule has 1 amide bonds. The molecule has 1 N–H and O–H groups in total. The quantitative estimate of drug-likeness (QED) is 0.421. The van der Waals surface area contributed by atoms with Crippen LogP contribution in [-0.2, 0) is 20.0 Å². The summed E-state index contributed by atoms with van der Waals surface area (Å²) in [5, 5.41) is 4.47. The molecule has 0 radical (unpaired) electrons. The molecule has 4 aromatic rings. The van der Waals surface area contributed by atoms with Crippen LogP contribution < -0.4 is 5.32 Å². The molecule has 0 atom stereocenters. The Morgan fingerprint density at radius 2 is 1.85 bits per heavy atom. The maximum Gasteiger partial charge on any atom is 0.251 e. The molecule has 2 aromatic heterocycles. The summed E-state index contributed by atoms with van der Waals surface area (Å²) >= 11 is 0. The summed E-state index contributed by atoms with van der Waals surface area (Å²) < 4.78 is 2.36. The van der Waals surface area contributed by atoms with Crippen molar-refractivity contribution in [3.05, 3.63) is 89.9 Å². The average Bonchev–Trinajstić information content (AvgIpc) is 3.16. The monoisotopic (exact) mass is 438 g/mol. The van der Waals surface area contributed by atoms with Gasteiger partial charge < -0.3 is 9.88 Å². The molecule has 5 rings (SSSR count). The largest absolute Gasteiger partial charge is 0.352 e. The van der Waals surface area contributed by atoms with E-state index >= 15 is 0 Å². The predicted octanol–water partition coefficient (Wildman–Crippen LogP) is 4.81. The fraction of sp³-hybridized carbons (Fsp3) is 0.286. The van der Waals surface area contributed by atoms with Crippen molar-refractivity contribution in [2.24, 2.45) is 7.05 Å². The van der Waals surface area contributed by atoms with Crippen molar-refractivity contribution in [1.29, 1.82) is 0 Å². The van der Waals surface area contributed by atoms with E-state index in [-0.39, 0.29) is 5.91 Å². The maximum atomic E-state index is 12.5. The second-order valence-electron chi connectivity index (χ2n) is 8.81. The van der Waals surface area contributed by atoms with Gasteiger partial charge in [-0.05, 0) is 66.8 Å². The van der Waals surface area contributed by atoms with Crippen LogP contribution in [0, 0.1) is 0 Å². The molecule has 0 bridgehead atoms. The Labute approximate surface area is 195 Å². The molecule has 0 spiro atoms. The van der Waals surface area contributed by atoms with Crippen molar-refractivity contribution in [3.8, 4) is 11.1 Å². The first-order valence-electron chi connectivity index (χ1n) is 11.8. The van der Waals surface area contributed by atoms with E-state index in [9.17, 15) is 4.79 Å². The van der Waals surface area contributed by atoms with Crippen LogP contribution in [0.4, 0.5) is 0 Å². The molecule has 168 valence electrons. The molecule has 1 aliphatic rings. The number of benzene rings is 2. The van der Waals surface area contributed by atoms with Crippen LogP contribution in [0.15, 0.2) is 73.1 Å². The van der Waals surface area contributed by atoms with E-state index in [0.717, 1.165) is 50.0 Å². The highest BCUT2D eigenvalue weighted by molar-refractivity contribution is 5.94. The van der Waals surface area contributed by atoms with Crippen LogP contribution in [0.5, 0.6) is 0 Å². The first kappa shape index (κ1) is 21.4. The Morgan fingerprint density at radius 1 is 1.00 bits per heavy atom. The van der Waals surface area contributed by atoms with Crippen molar-refractivity contribution < 1.29 is 4.79 Å². The first-order valence-corrected chi connectivity index (χ1v) is 11.8. The highest BCUT2D eigenvalue weighted by atomic mass is 16.1. The van der Waals surface area contributed by atoms with Crippen molar-refractivity contribution in [2.45, 2.75) is 25.8 Å². The van der Waals surface area contributed by atoms with E-state index in [2.05, 4.69) is 51.1 Å². The van der Waals surface area contributed by atoms with Gasteiger partial charge in [-0.1, -0.05) is 36.4 Å². The van der Waals surface area contributed by atoms with Gasteiger partial charge in [0.2, 0.25) is 0 Å². The number of aromatic nitrogens is 2. The molecule has 0 saturated carbocycles. The Bertz CT molecular complexity index is 1240. The summed E-state index contributed by atoms with van der Waals surface area (Å²) in [4.78, 5) is 19.2. The highest BCUT2D eigenvalue weighted by Crippen LogP contribution is 2.29. The number of pyridine rings is 1. The van der Waals surface area contributed by atoms with Gasteiger partial charge in [0, 0.05) is 61.2 Å². The van der Waals surface area contributed by atoms with Gasteiger partial charge in [-0.2, -0.15) is 0 Å². The lowest BCUT2D eigenvalue weighted by Gasteiger charge is -2.28. The lowest BCUT2D eigenvalue weighted by atomic mass is 10.0. The highest BCUT2D eigenvalue weighted by Gasteiger charge is 2.22. The van der Waals surface area contributed by atoms with Crippen molar-refractivity contribution in [1.82, 2.24) is 19.8 Å². The average molecular weight is 439 g/mol. The van der Waals surface area contributed by atoms with E-state index < -0.39 is 0 Å². The van der Waals surface area contributed by atoms with Gasteiger partial charge in [-0.25, -0.2) is 0 Å². The topological polar surface area (TPSA) is 50.2 Å². The number of nitrogens with one attached hydrogen (secondary N) is 1. The van der Waals surface area contributed by atoms with Crippen LogP contribution in [0.25, 0.3) is 22.0 Å². The number of aryl methyl sites for hydroxylation is 1. The second kappa shape index (κ2) is 9.59. The van der Waals surface area contributed by atoms with Crippen molar-refractivity contribution >= 4 is 16.8 Å². The van der Waals surface area contributed by atoms with Crippen LogP contribution in [0.3, 0.4) is 0 Å². The van der Waals surface area contributed by atoms with E-state index in [1.54, 1.807) is 6.20 Å². The minimum absolute atomic E-state index is 0.00847. The maximum absolute atomic E-state index is 12.5. The molecule has 33 heavy (non-hydrogen) atoms. The third-order valence-corrected chi connectivity index (χ3v) is 6.72. The Balaban J connectivity index is 1.08. The van der Waals surface area contributed by atoms with Crippen LogP contribution in [-0.4, -0.2) is 40.0 Å². The smallest absolute Gasteiger partial charge is 0.251 e. The van der Waals surface area contributed by atoms with Gasteiger partial charge in [0.05, 0.1) is 0 Å². The van der Waals surface area contributed by atoms with Crippen LogP contribution in [0.1, 0.15) is 34.5 Å². The molecule has 5 nitrogen and oxygen atoms in total. The number of carbonyl (C=O) groups is 1. The second-order valence-corrected chi connectivity index (χ2v) is 8.81. The SMILES string of the molecule is Cn1c2c(c3ccccc31)CCN(CCCCNC(=O)c1ccc(-c3cccnc3)cc1)C2. The third kappa shape index (κ3) is 4.55. The summed E-state index contributed by atoms with van der Waals surface area (Å²) in [6.45, 7) is 3.89. The van der Waals surface area contributed by atoms with Gasteiger partial charge in [0.25, 0.3) is 5.91 Å². The molecule has 2 aromatic carbocycles. The number of hydrogen-bond acceptors (Lipinski definition) is 3. The Morgan fingerprint density at radius 3 is 2.67 bits per heavy atom. The standard InChI is InChI=1S/C28H30N4O/c1-31-26-9-3-2-8-24(26)25-14-18-32(20-27(25)31)17-5-4-16-30-28(33)22-12-10-21(11-13-22)23-7-6-15-29-19-23/h2-3,6-13,15,19H,4-5,14,16-18,20H2,1H3,(H,30,33). The summed E-state index contributed by atoms with van der Waals surface area (Å²) in [6.07, 6.45) is 6.77. The number of hydrogen-bond donors (Lipinski definition) is 1. The number of para-hydroxylation sites is 1. The molecule has 1 aliphatic heterocycles. The third-order valence-electron chi connectivity index (χ3n) is 6.72. The molecule has 0 fully saturated rings. The van der Waals surface area contributed by atoms with Crippen LogP contribution >= 0.6 is 0 Å². The summed E-state index contributed by atoms with van der Waals surface area (Å²) in [6, 6.07) is 20.4. The number of rotatable bonds is 7. The summed E-state index contributed by atoms with van der Waals surface area (Å²) in [5.41, 5.74) is 7.12. The number of amides is 1. The zero-order chi connectivity index (χ0) is 22.6. The minimum Gasteiger partial charge on any atom is -0.352 e. The van der Waals surface area contributed by atoms with E-state index in [4.69, 9.17) is 0 Å². The number of fused-ring (bicyclic) bond motifs is 3. The first-order chi connectivity index (χ1) is 16.2. The molecule has 0 saturated heterocycles. The van der Waals surface area contributed by atoms with E-state index in [0.29, 0.717) is 12.1 Å². The van der Waals surface area contributed by atoms with E-state index in [1.165, 1.54) is 22.2 Å². The minimum atomic E-state index is -0.00847. The molecular formula is C28H30N4O. The fourth-order valence-electron chi connectivity index (χ4n) is 4.87. The number of unbranched alkanes of at least 4 members (excludes halogenated alkanes) is 1. The van der Waals surface area contributed by atoms with Crippen molar-refractivity contribution in [2.75, 3.05) is 19.6 Å². The van der Waals surface area contributed by atoms with Gasteiger partial charge in [0.1, 0.15) is 0 Å². The van der Waals surface area contributed by atoms with Gasteiger partial charge in [0.15, 0.2) is 0 Å².